The number of fused-ring (bicyclic) bond motifs is 1. The number of aromatic hydroxyl groups is 1. The van der Waals surface area contributed by atoms with Crippen LogP contribution in [0.3, 0.4) is 0 Å². The first-order valence-corrected chi connectivity index (χ1v) is 10.9. The molecular formula is C24H17Cl2N3O3S. The molecule has 0 saturated heterocycles. The Kier molecular flexibility index (Phi) is 6.65. The number of hydrogen-bond donors (Lipinski definition) is 3. The highest BCUT2D eigenvalue weighted by atomic mass is 35.5. The summed E-state index contributed by atoms with van der Waals surface area (Å²) in [5.74, 6) is -0.183. The number of nitrogens with one attached hydrogen (secondary N) is 2. The largest absolute Gasteiger partial charge is 0.507 e. The highest BCUT2D eigenvalue weighted by molar-refractivity contribution is 7.80. The van der Waals surface area contributed by atoms with Crippen molar-refractivity contribution in [3.05, 3.63) is 81.8 Å². The van der Waals surface area contributed by atoms with Gasteiger partial charge in [-0.25, -0.2) is 4.98 Å². The number of nitrogens with zero attached hydrogens (tertiary/aromatic N) is 1. The Bertz CT molecular complexity index is 1420. The maximum Gasteiger partial charge on any atom is 0.250 e. The van der Waals surface area contributed by atoms with Crippen LogP contribution in [0.4, 0.5) is 5.69 Å². The predicted molar refractivity (Wildman–Crippen MR) is 136 cm³/mol. The number of amides is 1. The molecule has 1 aromatic heterocycles. The smallest absolute Gasteiger partial charge is 0.250 e. The molecule has 3 N–H and O–H groups in total. The van der Waals surface area contributed by atoms with E-state index in [-0.39, 0.29) is 10.9 Å². The minimum atomic E-state index is -0.443. The van der Waals surface area contributed by atoms with E-state index in [0.717, 1.165) is 5.56 Å². The summed E-state index contributed by atoms with van der Waals surface area (Å²) in [4.78, 5) is 16.6. The zero-order valence-corrected chi connectivity index (χ0v) is 19.6. The Hall–Kier alpha value is -3.39. The van der Waals surface area contributed by atoms with Gasteiger partial charge in [0.2, 0.25) is 11.8 Å². The van der Waals surface area contributed by atoms with Gasteiger partial charge in [0.15, 0.2) is 10.7 Å². The fourth-order valence-electron chi connectivity index (χ4n) is 3.06. The maximum absolute atomic E-state index is 12.1. The van der Waals surface area contributed by atoms with E-state index >= 15 is 0 Å². The van der Waals surface area contributed by atoms with Gasteiger partial charge < -0.3 is 14.8 Å². The van der Waals surface area contributed by atoms with Crippen molar-refractivity contribution in [2.24, 2.45) is 0 Å². The summed E-state index contributed by atoms with van der Waals surface area (Å²) in [5.41, 5.74) is 3.96. The number of aryl methyl sites for hydroxylation is 1. The molecule has 0 aliphatic heterocycles. The van der Waals surface area contributed by atoms with Crippen molar-refractivity contribution in [1.29, 1.82) is 0 Å². The summed E-state index contributed by atoms with van der Waals surface area (Å²) in [6.45, 7) is 1.96. The molecule has 0 atom stereocenters. The second-order valence-electron chi connectivity index (χ2n) is 7.16. The number of carbonyl (C=O) groups excluding carboxylic acids is 1. The SMILES string of the molecule is Cc1ccc2nc(-c3ccc(NC(=S)NC(=O)/C=C/c4ccc(Cl)cc4Cl)cc3O)oc2c1. The van der Waals surface area contributed by atoms with E-state index in [1.54, 1.807) is 36.4 Å². The Morgan fingerprint density at radius 2 is 1.94 bits per heavy atom. The van der Waals surface area contributed by atoms with Crippen LogP contribution in [-0.4, -0.2) is 21.1 Å². The molecule has 0 radical (unpaired) electrons. The lowest BCUT2D eigenvalue weighted by atomic mass is 10.2. The van der Waals surface area contributed by atoms with Gasteiger partial charge in [-0.15, -0.1) is 0 Å². The molecule has 0 spiro atoms. The first-order valence-electron chi connectivity index (χ1n) is 9.74. The summed E-state index contributed by atoms with van der Waals surface area (Å²) in [6, 6.07) is 15.5. The molecule has 9 heteroatoms. The molecule has 33 heavy (non-hydrogen) atoms. The van der Waals surface area contributed by atoms with Crippen molar-refractivity contribution in [3.63, 3.8) is 0 Å². The van der Waals surface area contributed by atoms with Crippen molar-refractivity contribution in [1.82, 2.24) is 10.3 Å². The van der Waals surface area contributed by atoms with Crippen LogP contribution in [0.15, 0.2) is 65.1 Å². The molecule has 6 nitrogen and oxygen atoms in total. The van der Waals surface area contributed by atoms with Gasteiger partial charge in [0, 0.05) is 27.9 Å². The molecule has 0 saturated carbocycles. The molecule has 4 rings (SSSR count). The fourth-order valence-corrected chi connectivity index (χ4v) is 3.75. The average Bonchev–Trinajstić information content (AvgIpc) is 3.15. The van der Waals surface area contributed by atoms with Gasteiger partial charge in [0.05, 0.1) is 5.56 Å². The maximum atomic E-state index is 12.1. The zero-order valence-electron chi connectivity index (χ0n) is 17.2. The second kappa shape index (κ2) is 9.62. The number of halogens is 2. The molecule has 0 unspecified atom stereocenters. The van der Waals surface area contributed by atoms with Crippen LogP contribution in [0.25, 0.3) is 28.6 Å². The third-order valence-corrected chi connectivity index (χ3v) is 5.41. The van der Waals surface area contributed by atoms with E-state index in [1.165, 1.54) is 12.1 Å². The van der Waals surface area contributed by atoms with Crippen molar-refractivity contribution in [2.75, 3.05) is 5.32 Å². The number of phenolic OH excluding ortho intramolecular Hbond substituents is 1. The molecule has 1 heterocycles. The highest BCUT2D eigenvalue weighted by Gasteiger charge is 2.13. The van der Waals surface area contributed by atoms with Gasteiger partial charge >= 0.3 is 0 Å². The van der Waals surface area contributed by atoms with Crippen molar-refractivity contribution >= 4 is 69.3 Å². The van der Waals surface area contributed by atoms with E-state index in [1.807, 2.05) is 25.1 Å². The first-order chi connectivity index (χ1) is 15.8. The van der Waals surface area contributed by atoms with Crippen molar-refractivity contribution in [3.8, 4) is 17.2 Å². The molecule has 0 bridgehead atoms. The topological polar surface area (TPSA) is 87.4 Å². The molecule has 3 aromatic carbocycles. The van der Waals surface area contributed by atoms with Gasteiger partial charge in [-0.05, 0) is 72.7 Å². The van der Waals surface area contributed by atoms with Crippen molar-refractivity contribution in [2.45, 2.75) is 6.92 Å². The second-order valence-corrected chi connectivity index (χ2v) is 8.42. The van der Waals surface area contributed by atoms with E-state index in [0.29, 0.717) is 43.9 Å². The minimum absolute atomic E-state index is 0.0466. The third-order valence-electron chi connectivity index (χ3n) is 4.64. The number of carbonyl (C=O) groups is 1. The van der Waals surface area contributed by atoms with Crippen LogP contribution in [0.5, 0.6) is 5.75 Å². The van der Waals surface area contributed by atoms with Crippen LogP contribution in [0.1, 0.15) is 11.1 Å². The van der Waals surface area contributed by atoms with Crippen LogP contribution in [-0.2, 0) is 4.79 Å². The molecule has 0 fully saturated rings. The number of oxazole rings is 1. The Labute approximate surface area is 204 Å². The lowest BCUT2D eigenvalue weighted by Crippen LogP contribution is -2.32. The Morgan fingerprint density at radius 3 is 2.70 bits per heavy atom. The van der Waals surface area contributed by atoms with E-state index < -0.39 is 5.91 Å². The third kappa shape index (κ3) is 5.51. The summed E-state index contributed by atoms with van der Waals surface area (Å²) >= 11 is 17.1. The van der Waals surface area contributed by atoms with Crippen LogP contribution in [0, 0.1) is 6.92 Å². The van der Waals surface area contributed by atoms with Gasteiger partial charge in [-0.2, -0.15) is 0 Å². The summed E-state index contributed by atoms with van der Waals surface area (Å²) in [7, 11) is 0. The summed E-state index contributed by atoms with van der Waals surface area (Å²) in [6.07, 6.45) is 2.86. The van der Waals surface area contributed by atoms with Crippen molar-refractivity contribution < 1.29 is 14.3 Å². The molecule has 1 amide bonds. The average molecular weight is 498 g/mol. The first kappa shape index (κ1) is 22.8. The monoisotopic (exact) mass is 497 g/mol. The lowest BCUT2D eigenvalue weighted by Gasteiger charge is -2.09. The molecule has 166 valence electrons. The fraction of sp³-hybridized carbons (Fsp3) is 0.0417. The van der Waals surface area contributed by atoms with Crippen LogP contribution >= 0.6 is 35.4 Å². The summed E-state index contributed by atoms with van der Waals surface area (Å²) in [5, 5.41) is 16.9. The molecule has 4 aromatic rings. The number of aromatic nitrogens is 1. The van der Waals surface area contributed by atoms with Gasteiger partial charge in [0.25, 0.3) is 0 Å². The number of benzene rings is 3. The standard InChI is InChI=1S/C24H17Cl2N3O3S/c1-13-2-8-19-21(10-13)32-23(28-19)17-7-6-16(12-20(17)30)27-24(33)29-22(31)9-4-14-3-5-15(25)11-18(14)26/h2-12,30H,1H3,(H2,27,29,31,33)/b9-4+. The number of hydrogen-bond acceptors (Lipinski definition) is 5. The van der Waals surface area contributed by atoms with Gasteiger partial charge in [-0.1, -0.05) is 35.3 Å². The number of phenols is 1. The molecular weight excluding hydrogens is 481 g/mol. The minimum Gasteiger partial charge on any atom is -0.507 e. The molecule has 0 aliphatic rings. The van der Waals surface area contributed by atoms with E-state index in [9.17, 15) is 9.90 Å². The summed E-state index contributed by atoms with van der Waals surface area (Å²) < 4.78 is 5.77. The van der Waals surface area contributed by atoms with Crippen LogP contribution < -0.4 is 10.6 Å². The van der Waals surface area contributed by atoms with E-state index in [4.69, 9.17) is 39.8 Å². The van der Waals surface area contributed by atoms with Gasteiger partial charge in [-0.3, -0.25) is 10.1 Å². The highest BCUT2D eigenvalue weighted by Crippen LogP contribution is 2.33. The number of anilines is 1. The quantitative estimate of drug-likeness (QED) is 0.225. The zero-order chi connectivity index (χ0) is 23.5. The molecule has 0 aliphatic carbocycles. The predicted octanol–water partition coefficient (Wildman–Crippen LogP) is 6.34. The Balaban J connectivity index is 1.41. The number of thiocarbonyl (C=S) groups is 1. The normalized spacial score (nSPS) is 11.1. The Morgan fingerprint density at radius 1 is 1.12 bits per heavy atom. The van der Waals surface area contributed by atoms with E-state index in [2.05, 4.69) is 15.6 Å². The number of rotatable bonds is 4. The van der Waals surface area contributed by atoms with Crippen LogP contribution in [0.2, 0.25) is 10.0 Å². The van der Waals surface area contributed by atoms with Gasteiger partial charge in [0.1, 0.15) is 11.3 Å². The lowest BCUT2D eigenvalue weighted by molar-refractivity contribution is -0.115.